The van der Waals surface area contributed by atoms with E-state index in [0.717, 1.165) is 35.5 Å². The van der Waals surface area contributed by atoms with Crippen LogP contribution in [0.25, 0.3) is 16.7 Å². The molecule has 0 fully saturated rings. The zero-order chi connectivity index (χ0) is 18.4. The molecule has 1 aromatic heterocycles. The summed E-state index contributed by atoms with van der Waals surface area (Å²) in [5, 5.41) is 3.00. The zero-order valence-corrected chi connectivity index (χ0v) is 15.5. The van der Waals surface area contributed by atoms with Crippen LogP contribution in [0.1, 0.15) is 18.7 Å². The number of aryl methyl sites for hydroxylation is 1. The molecule has 0 aliphatic rings. The first kappa shape index (κ1) is 18.1. The summed E-state index contributed by atoms with van der Waals surface area (Å²) >= 11 is 0. The van der Waals surface area contributed by atoms with E-state index in [9.17, 15) is 4.79 Å². The van der Waals surface area contributed by atoms with Crippen molar-refractivity contribution < 1.29 is 4.79 Å². The van der Waals surface area contributed by atoms with Gasteiger partial charge in [-0.05, 0) is 51.3 Å². The van der Waals surface area contributed by atoms with Crippen LogP contribution in [0.15, 0.2) is 54.6 Å². The first-order valence-corrected chi connectivity index (χ1v) is 9.08. The first-order valence-electron chi connectivity index (χ1n) is 9.08. The molecule has 1 N–H and O–H groups in total. The van der Waals surface area contributed by atoms with Gasteiger partial charge in [-0.1, -0.05) is 30.3 Å². The molecule has 0 saturated carbocycles. The summed E-state index contributed by atoms with van der Waals surface area (Å²) in [5.74, 6) is 0.997. The highest BCUT2D eigenvalue weighted by Gasteiger charge is 2.13. The van der Waals surface area contributed by atoms with E-state index >= 15 is 0 Å². The third kappa shape index (κ3) is 4.49. The summed E-state index contributed by atoms with van der Waals surface area (Å²) in [7, 11) is 4.08. The third-order valence-electron chi connectivity index (χ3n) is 4.32. The molecule has 26 heavy (non-hydrogen) atoms. The van der Waals surface area contributed by atoms with E-state index in [1.165, 1.54) is 0 Å². The smallest absolute Gasteiger partial charge is 0.220 e. The minimum absolute atomic E-state index is 0.0791. The van der Waals surface area contributed by atoms with Crippen molar-refractivity contribution in [3.05, 3.63) is 60.4 Å². The number of hydrogen-bond donors (Lipinski definition) is 1. The molecule has 2 aromatic carbocycles. The monoisotopic (exact) mass is 350 g/mol. The van der Waals surface area contributed by atoms with Crippen LogP contribution >= 0.6 is 0 Å². The van der Waals surface area contributed by atoms with Crippen LogP contribution in [0.2, 0.25) is 0 Å². The van der Waals surface area contributed by atoms with Crippen molar-refractivity contribution in [2.24, 2.45) is 0 Å². The van der Waals surface area contributed by atoms with E-state index in [2.05, 4.69) is 33.0 Å². The van der Waals surface area contributed by atoms with Gasteiger partial charge in [0.25, 0.3) is 0 Å². The SMILES string of the molecule is CN(C)CCCNC(=O)CCc1nc2ccccc2n1-c1ccccc1. The third-order valence-corrected chi connectivity index (χ3v) is 4.32. The topological polar surface area (TPSA) is 50.2 Å². The molecule has 5 nitrogen and oxygen atoms in total. The van der Waals surface area contributed by atoms with E-state index in [0.29, 0.717) is 19.4 Å². The Kier molecular flexibility index (Phi) is 6.02. The van der Waals surface area contributed by atoms with Gasteiger partial charge in [-0.15, -0.1) is 0 Å². The Morgan fingerprint density at radius 3 is 2.58 bits per heavy atom. The average Bonchev–Trinajstić information content (AvgIpc) is 3.02. The average molecular weight is 350 g/mol. The standard InChI is InChI=1S/C21H26N4O/c1-24(2)16-8-15-22-21(26)14-13-20-23-18-11-6-7-12-19(18)25(20)17-9-4-3-5-10-17/h3-7,9-12H,8,13-16H2,1-2H3,(H,22,26). The van der Waals surface area contributed by atoms with E-state index in [-0.39, 0.29) is 5.91 Å². The summed E-state index contributed by atoms with van der Waals surface area (Å²) in [6, 6.07) is 18.3. The van der Waals surface area contributed by atoms with Crippen LogP contribution < -0.4 is 5.32 Å². The number of fused-ring (bicyclic) bond motifs is 1. The molecule has 3 rings (SSSR count). The van der Waals surface area contributed by atoms with Gasteiger partial charge in [0.2, 0.25) is 5.91 Å². The number of amides is 1. The largest absolute Gasteiger partial charge is 0.356 e. The Bertz CT molecular complexity index is 855. The Morgan fingerprint density at radius 2 is 1.81 bits per heavy atom. The maximum atomic E-state index is 12.2. The molecule has 0 atom stereocenters. The zero-order valence-electron chi connectivity index (χ0n) is 15.5. The maximum absolute atomic E-state index is 12.2. The van der Waals surface area contributed by atoms with Crippen LogP contribution in [0, 0.1) is 0 Å². The van der Waals surface area contributed by atoms with Gasteiger partial charge in [-0.25, -0.2) is 4.98 Å². The number of para-hydroxylation sites is 3. The Morgan fingerprint density at radius 1 is 1.08 bits per heavy atom. The Hall–Kier alpha value is -2.66. The first-order chi connectivity index (χ1) is 12.6. The molecule has 1 heterocycles. The van der Waals surface area contributed by atoms with Gasteiger partial charge in [0.1, 0.15) is 5.82 Å². The highest BCUT2D eigenvalue weighted by molar-refractivity contribution is 5.79. The highest BCUT2D eigenvalue weighted by atomic mass is 16.1. The van der Waals surface area contributed by atoms with Crippen molar-refractivity contribution in [3.63, 3.8) is 0 Å². The fraction of sp³-hybridized carbons (Fsp3) is 0.333. The minimum atomic E-state index is 0.0791. The number of benzene rings is 2. The second-order valence-corrected chi connectivity index (χ2v) is 6.69. The number of rotatable bonds is 8. The van der Waals surface area contributed by atoms with Crippen molar-refractivity contribution >= 4 is 16.9 Å². The summed E-state index contributed by atoms with van der Waals surface area (Å²) in [6.45, 7) is 1.69. The van der Waals surface area contributed by atoms with Gasteiger partial charge in [0, 0.05) is 25.1 Å². The lowest BCUT2D eigenvalue weighted by atomic mass is 10.2. The number of carbonyl (C=O) groups is 1. The van der Waals surface area contributed by atoms with E-state index in [1.807, 2.05) is 50.5 Å². The number of aromatic nitrogens is 2. The molecule has 0 spiro atoms. The van der Waals surface area contributed by atoms with Crippen LogP contribution in [0.5, 0.6) is 0 Å². The predicted molar refractivity (Wildman–Crippen MR) is 106 cm³/mol. The predicted octanol–water partition coefficient (Wildman–Crippen LogP) is 3.03. The lowest BCUT2D eigenvalue weighted by Gasteiger charge is -2.11. The fourth-order valence-electron chi connectivity index (χ4n) is 3.05. The van der Waals surface area contributed by atoms with E-state index in [1.54, 1.807) is 0 Å². The molecule has 0 saturated heterocycles. The summed E-state index contributed by atoms with van der Waals surface area (Å²) in [4.78, 5) is 19.0. The van der Waals surface area contributed by atoms with Crippen molar-refractivity contribution in [1.82, 2.24) is 19.8 Å². The number of carbonyl (C=O) groups excluding carboxylic acids is 1. The molecule has 0 radical (unpaired) electrons. The van der Waals surface area contributed by atoms with Crippen molar-refractivity contribution in [3.8, 4) is 5.69 Å². The van der Waals surface area contributed by atoms with Crippen molar-refractivity contribution in [2.45, 2.75) is 19.3 Å². The van der Waals surface area contributed by atoms with Crippen molar-refractivity contribution in [1.29, 1.82) is 0 Å². The molecule has 0 aliphatic carbocycles. The molecular formula is C21H26N4O. The molecule has 0 aliphatic heterocycles. The number of nitrogens with one attached hydrogen (secondary N) is 1. The fourth-order valence-corrected chi connectivity index (χ4v) is 3.05. The van der Waals surface area contributed by atoms with Gasteiger partial charge < -0.3 is 10.2 Å². The minimum Gasteiger partial charge on any atom is -0.356 e. The quantitative estimate of drug-likeness (QED) is 0.635. The molecule has 3 aromatic rings. The lowest BCUT2D eigenvalue weighted by molar-refractivity contribution is -0.121. The van der Waals surface area contributed by atoms with Gasteiger partial charge >= 0.3 is 0 Å². The molecule has 1 amide bonds. The molecule has 5 heteroatoms. The Labute approximate surface area is 154 Å². The second-order valence-electron chi connectivity index (χ2n) is 6.69. The molecular weight excluding hydrogens is 324 g/mol. The van der Waals surface area contributed by atoms with Gasteiger partial charge in [0.05, 0.1) is 11.0 Å². The second kappa shape index (κ2) is 8.63. The number of hydrogen-bond acceptors (Lipinski definition) is 3. The van der Waals surface area contributed by atoms with E-state index < -0.39 is 0 Å². The van der Waals surface area contributed by atoms with Crippen LogP contribution in [-0.4, -0.2) is 47.5 Å². The summed E-state index contributed by atoms with van der Waals surface area (Å²) in [6.07, 6.45) is 2.02. The van der Waals surface area contributed by atoms with Crippen LogP contribution in [0.4, 0.5) is 0 Å². The molecule has 136 valence electrons. The molecule has 0 bridgehead atoms. The lowest BCUT2D eigenvalue weighted by Crippen LogP contribution is -2.27. The summed E-state index contributed by atoms with van der Waals surface area (Å²) < 4.78 is 2.15. The van der Waals surface area contributed by atoms with Gasteiger partial charge in [-0.3, -0.25) is 9.36 Å². The van der Waals surface area contributed by atoms with Gasteiger partial charge in [-0.2, -0.15) is 0 Å². The van der Waals surface area contributed by atoms with Crippen LogP contribution in [-0.2, 0) is 11.2 Å². The normalized spacial score (nSPS) is 11.2. The number of nitrogens with zero attached hydrogens (tertiary/aromatic N) is 3. The van der Waals surface area contributed by atoms with E-state index in [4.69, 9.17) is 4.98 Å². The molecule has 0 unspecified atom stereocenters. The van der Waals surface area contributed by atoms with Crippen molar-refractivity contribution in [2.75, 3.05) is 27.2 Å². The Balaban J connectivity index is 1.71. The maximum Gasteiger partial charge on any atom is 0.220 e. The van der Waals surface area contributed by atoms with Gasteiger partial charge in [0.15, 0.2) is 0 Å². The summed E-state index contributed by atoms with van der Waals surface area (Å²) in [5.41, 5.74) is 3.10. The highest BCUT2D eigenvalue weighted by Crippen LogP contribution is 2.22. The van der Waals surface area contributed by atoms with Crippen LogP contribution in [0.3, 0.4) is 0 Å². The number of imidazole rings is 1.